The summed E-state index contributed by atoms with van der Waals surface area (Å²) in [5.41, 5.74) is 2.34. The van der Waals surface area contributed by atoms with Crippen LogP contribution in [-0.2, 0) is 16.1 Å². The number of amides is 1. The molecular weight excluding hydrogens is 487 g/mol. The molecule has 2 heterocycles. The van der Waals surface area contributed by atoms with Crippen molar-refractivity contribution >= 4 is 40.0 Å². The summed E-state index contributed by atoms with van der Waals surface area (Å²) in [5, 5.41) is 14.0. The maximum atomic E-state index is 13.3. The minimum atomic E-state index is -0.591. The number of allylic oxidation sites excluding steroid dienone is 1. The molecule has 7 nitrogen and oxygen atoms in total. The highest BCUT2D eigenvalue weighted by Crippen LogP contribution is 2.36. The molecule has 0 spiro atoms. The zero-order chi connectivity index (χ0) is 24.8. The molecule has 0 unspecified atom stereocenters. The number of anilines is 1. The van der Waals surface area contributed by atoms with E-state index >= 15 is 0 Å². The van der Waals surface area contributed by atoms with E-state index in [0.717, 1.165) is 5.56 Å². The molecule has 0 radical (unpaired) electrons. The van der Waals surface area contributed by atoms with Crippen molar-refractivity contribution in [2.24, 2.45) is 0 Å². The van der Waals surface area contributed by atoms with Crippen LogP contribution < -0.4 is 5.32 Å². The fourth-order valence-electron chi connectivity index (χ4n) is 3.38. The lowest BCUT2D eigenvalue weighted by molar-refractivity contribution is -0.113. The number of thioether (sulfide) groups is 1. The number of aromatic nitrogens is 3. The monoisotopic (exact) mass is 508 g/mol. The van der Waals surface area contributed by atoms with Crippen LogP contribution in [-0.4, -0.2) is 39.5 Å². The average molecular weight is 509 g/mol. The topological polar surface area (TPSA) is 86.1 Å². The molecule has 0 aliphatic carbocycles. The third-order valence-corrected chi connectivity index (χ3v) is 6.84. The summed E-state index contributed by atoms with van der Waals surface area (Å²) in [6.45, 7) is 4.29. The number of nitrogens with one attached hydrogen (secondary N) is 1. The van der Waals surface area contributed by atoms with Crippen LogP contribution in [0.3, 0.4) is 0 Å². The van der Waals surface area contributed by atoms with Crippen LogP contribution in [0.5, 0.6) is 0 Å². The Morgan fingerprint density at radius 2 is 1.89 bits per heavy atom. The molecular formula is C25H21FN4O3S2. The van der Waals surface area contributed by atoms with E-state index in [1.54, 1.807) is 23.6 Å². The molecule has 0 atom stereocenters. The molecule has 2 aromatic carbocycles. The van der Waals surface area contributed by atoms with E-state index in [2.05, 4.69) is 22.1 Å². The largest absolute Gasteiger partial charge is 0.465 e. The Labute approximate surface area is 209 Å². The first-order valence-electron chi connectivity index (χ1n) is 10.5. The van der Waals surface area contributed by atoms with Gasteiger partial charge in [0.05, 0.1) is 12.9 Å². The summed E-state index contributed by atoms with van der Waals surface area (Å²) < 4.78 is 20.2. The van der Waals surface area contributed by atoms with Crippen LogP contribution in [0.4, 0.5) is 9.39 Å². The van der Waals surface area contributed by atoms with Gasteiger partial charge >= 0.3 is 5.97 Å². The predicted octanol–water partition coefficient (Wildman–Crippen LogP) is 5.52. The van der Waals surface area contributed by atoms with E-state index in [9.17, 15) is 14.0 Å². The SMILES string of the molecule is C=CCn1c(SCC(=O)Nc2scc(-c3ccc(F)cc3)c2C(=O)OC)nnc1-c1ccccc1. The zero-order valence-electron chi connectivity index (χ0n) is 18.7. The molecule has 10 heteroatoms. The van der Waals surface area contributed by atoms with Crippen molar-refractivity contribution in [3.05, 3.63) is 84.0 Å². The summed E-state index contributed by atoms with van der Waals surface area (Å²) in [6.07, 6.45) is 1.74. The standard InChI is InChI=1S/C25H21FN4O3S2/c1-3-13-30-22(17-7-5-4-6-8-17)28-29-25(30)35-15-20(31)27-23-21(24(32)33-2)19(14-34-23)16-9-11-18(26)12-10-16/h3-12,14H,1,13,15H2,2H3,(H,27,31). The van der Waals surface area contributed by atoms with Crippen molar-refractivity contribution in [1.82, 2.24) is 14.8 Å². The summed E-state index contributed by atoms with van der Waals surface area (Å²) in [7, 11) is 1.27. The van der Waals surface area contributed by atoms with Gasteiger partial charge in [0.25, 0.3) is 0 Å². The van der Waals surface area contributed by atoms with E-state index < -0.39 is 5.97 Å². The van der Waals surface area contributed by atoms with Gasteiger partial charge in [-0.15, -0.1) is 28.1 Å². The number of esters is 1. The van der Waals surface area contributed by atoms with E-state index in [4.69, 9.17) is 4.74 Å². The Balaban J connectivity index is 1.52. The van der Waals surface area contributed by atoms with Gasteiger partial charge in [0.2, 0.25) is 5.91 Å². The van der Waals surface area contributed by atoms with Crippen LogP contribution in [0.15, 0.2) is 77.8 Å². The molecule has 2 aromatic heterocycles. The van der Waals surface area contributed by atoms with Crippen molar-refractivity contribution in [2.45, 2.75) is 11.7 Å². The van der Waals surface area contributed by atoms with Crippen LogP contribution in [0.1, 0.15) is 10.4 Å². The number of benzene rings is 2. The molecule has 0 aliphatic heterocycles. The highest BCUT2D eigenvalue weighted by molar-refractivity contribution is 7.99. The van der Waals surface area contributed by atoms with Crippen molar-refractivity contribution in [1.29, 1.82) is 0 Å². The number of carbonyl (C=O) groups excluding carboxylic acids is 2. The summed E-state index contributed by atoms with van der Waals surface area (Å²) in [5.74, 6) is -0.555. The molecule has 0 bridgehead atoms. The van der Waals surface area contributed by atoms with Gasteiger partial charge in [0.15, 0.2) is 11.0 Å². The number of ether oxygens (including phenoxy) is 1. The average Bonchev–Trinajstić information content (AvgIpc) is 3.47. The quantitative estimate of drug-likeness (QED) is 0.182. The molecule has 35 heavy (non-hydrogen) atoms. The number of halogens is 1. The summed E-state index contributed by atoms with van der Waals surface area (Å²) in [6, 6.07) is 15.4. The second-order valence-electron chi connectivity index (χ2n) is 7.26. The number of rotatable bonds is 9. The van der Waals surface area contributed by atoms with Crippen molar-refractivity contribution < 1.29 is 18.7 Å². The Morgan fingerprint density at radius 3 is 2.57 bits per heavy atom. The van der Waals surface area contributed by atoms with Gasteiger partial charge in [0.1, 0.15) is 16.4 Å². The number of nitrogens with zero attached hydrogens (tertiary/aromatic N) is 3. The second kappa shape index (κ2) is 11.1. The van der Waals surface area contributed by atoms with E-state index in [1.165, 1.54) is 42.3 Å². The lowest BCUT2D eigenvalue weighted by Gasteiger charge is -2.09. The van der Waals surface area contributed by atoms with Crippen molar-refractivity contribution in [3.63, 3.8) is 0 Å². The third kappa shape index (κ3) is 5.50. The minimum absolute atomic E-state index is 0.0501. The molecule has 0 saturated heterocycles. The summed E-state index contributed by atoms with van der Waals surface area (Å²) in [4.78, 5) is 25.3. The molecule has 1 amide bonds. The Morgan fingerprint density at radius 1 is 1.14 bits per heavy atom. The number of hydrogen-bond donors (Lipinski definition) is 1. The zero-order valence-corrected chi connectivity index (χ0v) is 20.4. The highest BCUT2D eigenvalue weighted by Gasteiger charge is 2.23. The van der Waals surface area contributed by atoms with Gasteiger partial charge in [-0.2, -0.15) is 0 Å². The Hall–Kier alpha value is -3.76. The highest BCUT2D eigenvalue weighted by atomic mass is 32.2. The number of thiophene rings is 1. The van der Waals surface area contributed by atoms with Crippen LogP contribution in [0, 0.1) is 5.82 Å². The van der Waals surface area contributed by atoms with Crippen LogP contribution in [0.25, 0.3) is 22.5 Å². The number of carbonyl (C=O) groups is 2. The lowest BCUT2D eigenvalue weighted by atomic mass is 10.0. The predicted molar refractivity (Wildman–Crippen MR) is 136 cm³/mol. The van der Waals surface area contributed by atoms with Gasteiger partial charge in [0, 0.05) is 23.1 Å². The lowest BCUT2D eigenvalue weighted by Crippen LogP contribution is -2.16. The molecule has 1 N–H and O–H groups in total. The first kappa shape index (κ1) is 24.4. The fraction of sp³-hybridized carbons (Fsp3) is 0.120. The van der Waals surface area contributed by atoms with E-state index in [1.807, 2.05) is 34.9 Å². The molecule has 0 aliphatic rings. The molecule has 4 aromatic rings. The molecule has 4 rings (SSSR count). The first-order chi connectivity index (χ1) is 17.0. The maximum Gasteiger partial charge on any atom is 0.341 e. The maximum absolute atomic E-state index is 13.3. The van der Waals surface area contributed by atoms with Crippen LogP contribution >= 0.6 is 23.1 Å². The first-order valence-corrected chi connectivity index (χ1v) is 12.4. The van der Waals surface area contributed by atoms with E-state index in [-0.39, 0.29) is 23.0 Å². The van der Waals surface area contributed by atoms with Gasteiger partial charge < -0.3 is 10.1 Å². The molecule has 0 fully saturated rings. The third-order valence-electron chi connectivity index (χ3n) is 4.98. The normalized spacial score (nSPS) is 10.7. The van der Waals surface area contributed by atoms with Gasteiger partial charge in [-0.3, -0.25) is 9.36 Å². The van der Waals surface area contributed by atoms with Crippen LogP contribution in [0.2, 0.25) is 0 Å². The van der Waals surface area contributed by atoms with Gasteiger partial charge in [-0.05, 0) is 17.7 Å². The van der Waals surface area contributed by atoms with Crippen molar-refractivity contribution in [2.75, 3.05) is 18.2 Å². The van der Waals surface area contributed by atoms with Gasteiger partial charge in [-0.1, -0.05) is 60.3 Å². The number of methoxy groups -OCH3 is 1. The minimum Gasteiger partial charge on any atom is -0.465 e. The Bertz CT molecular complexity index is 1350. The van der Waals surface area contributed by atoms with E-state index in [0.29, 0.717) is 33.7 Å². The summed E-state index contributed by atoms with van der Waals surface area (Å²) >= 11 is 2.43. The molecule has 178 valence electrons. The number of hydrogen-bond acceptors (Lipinski definition) is 7. The Kier molecular flexibility index (Phi) is 7.74. The van der Waals surface area contributed by atoms with Crippen molar-refractivity contribution in [3.8, 4) is 22.5 Å². The fourth-order valence-corrected chi connectivity index (χ4v) is 5.10. The van der Waals surface area contributed by atoms with Gasteiger partial charge in [-0.25, -0.2) is 9.18 Å². The second-order valence-corrected chi connectivity index (χ2v) is 9.08. The smallest absolute Gasteiger partial charge is 0.341 e. The molecule has 0 saturated carbocycles.